The molecule has 0 aromatic carbocycles. The fourth-order valence-corrected chi connectivity index (χ4v) is 1.68. The van der Waals surface area contributed by atoms with E-state index < -0.39 is 0 Å². The van der Waals surface area contributed by atoms with Gasteiger partial charge in [-0.3, -0.25) is 4.68 Å². The highest BCUT2D eigenvalue weighted by Gasteiger charge is 2.32. The Hall–Kier alpha value is -0.870. The van der Waals surface area contributed by atoms with Gasteiger partial charge < -0.3 is 10.5 Å². The van der Waals surface area contributed by atoms with E-state index in [0.717, 1.165) is 18.7 Å². The van der Waals surface area contributed by atoms with Gasteiger partial charge in [-0.2, -0.15) is 5.10 Å². The molecule has 0 aliphatic rings. The fourth-order valence-electron chi connectivity index (χ4n) is 1.68. The maximum Gasteiger partial charge on any atom is 0.0855 e. The molecule has 2 unspecified atom stereocenters. The highest BCUT2D eigenvalue weighted by Crippen LogP contribution is 2.29. The lowest BCUT2D eigenvalue weighted by atomic mass is 9.91. The molecule has 1 aromatic heterocycles. The Kier molecular flexibility index (Phi) is 3.88. The molecule has 0 spiro atoms. The van der Waals surface area contributed by atoms with E-state index in [-0.39, 0.29) is 11.6 Å². The maximum atomic E-state index is 6.23. The average molecular weight is 211 g/mol. The van der Waals surface area contributed by atoms with Gasteiger partial charge in [-0.25, -0.2) is 0 Å². The third kappa shape index (κ3) is 2.21. The molecule has 0 bridgehead atoms. The van der Waals surface area contributed by atoms with Crippen molar-refractivity contribution in [3.05, 3.63) is 18.0 Å². The quantitative estimate of drug-likeness (QED) is 0.806. The molecule has 0 aliphatic carbocycles. The van der Waals surface area contributed by atoms with Crippen LogP contribution < -0.4 is 5.73 Å². The van der Waals surface area contributed by atoms with Crippen LogP contribution in [0.1, 0.15) is 38.9 Å². The summed E-state index contributed by atoms with van der Waals surface area (Å²) < 4.78 is 7.42. The van der Waals surface area contributed by atoms with Crippen LogP contribution in [-0.2, 0) is 11.3 Å². The molecule has 15 heavy (non-hydrogen) atoms. The summed E-state index contributed by atoms with van der Waals surface area (Å²) in [7, 11) is 1.70. The molecule has 0 aliphatic heterocycles. The van der Waals surface area contributed by atoms with Crippen molar-refractivity contribution in [2.45, 2.75) is 45.4 Å². The number of hydrogen-bond donors (Lipinski definition) is 1. The monoisotopic (exact) mass is 211 g/mol. The largest absolute Gasteiger partial charge is 0.376 e. The minimum atomic E-state index is -0.326. The van der Waals surface area contributed by atoms with Crippen molar-refractivity contribution < 1.29 is 4.74 Å². The van der Waals surface area contributed by atoms with Gasteiger partial charge in [0.15, 0.2) is 0 Å². The predicted molar refractivity (Wildman–Crippen MR) is 60.5 cm³/mol. The lowest BCUT2D eigenvalue weighted by Crippen LogP contribution is -2.40. The standard InChI is InChI=1S/C11H21N3O/c1-5-11(3,15-4)10(12)9-7-8-13-14(9)6-2/h7-8,10H,5-6,12H2,1-4H3. The molecule has 1 aromatic rings. The Morgan fingerprint density at radius 1 is 1.60 bits per heavy atom. The van der Waals surface area contributed by atoms with Crippen molar-refractivity contribution in [2.24, 2.45) is 5.73 Å². The SMILES string of the molecule is CCn1nccc1C(N)C(C)(CC)OC. The summed E-state index contributed by atoms with van der Waals surface area (Å²) in [6.45, 7) is 7.00. The number of rotatable bonds is 5. The zero-order chi connectivity index (χ0) is 11.5. The molecule has 0 saturated carbocycles. The first-order chi connectivity index (χ1) is 7.09. The Morgan fingerprint density at radius 3 is 2.73 bits per heavy atom. The molecule has 4 nitrogen and oxygen atoms in total. The van der Waals surface area contributed by atoms with Gasteiger partial charge in [-0.05, 0) is 26.3 Å². The number of aromatic nitrogens is 2. The number of ether oxygens (including phenoxy) is 1. The van der Waals surface area contributed by atoms with Gasteiger partial charge in [0, 0.05) is 19.9 Å². The fraction of sp³-hybridized carbons (Fsp3) is 0.727. The highest BCUT2D eigenvalue weighted by atomic mass is 16.5. The molecule has 86 valence electrons. The van der Waals surface area contributed by atoms with E-state index in [1.54, 1.807) is 13.3 Å². The van der Waals surface area contributed by atoms with Crippen molar-refractivity contribution in [1.82, 2.24) is 9.78 Å². The summed E-state index contributed by atoms with van der Waals surface area (Å²) in [5.41, 5.74) is 6.93. The lowest BCUT2D eigenvalue weighted by Gasteiger charge is -2.33. The van der Waals surface area contributed by atoms with E-state index >= 15 is 0 Å². The van der Waals surface area contributed by atoms with Crippen molar-refractivity contribution in [2.75, 3.05) is 7.11 Å². The van der Waals surface area contributed by atoms with E-state index in [1.807, 2.05) is 17.7 Å². The second kappa shape index (κ2) is 4.77. The Balaban J connectivity index is 2.97. The van der Waals surface area contributed by atoms with Crippen LogP contribution in [0.3, 0.4) is 0 Å². The van der Waals surface area contributed by atoms with Gasteiger partial charge in [0.05, 0.1) is 17.3 Å². The first-order valence-electron chi connectivity index (χ1n) is 5.41. The summed E-state index contributed by atoms with van der Waals surface area (Å²) in [5.74, 6) is 0. The van der Waals surface area contributed by atoms with Crippen LogP contribution in [-0.4, -0.2) is 22.5 Å². The minimum Gasteiger partial charge on any atom is -0.376 e. The van der Waals surface area contributed by atoms with E-state index in [4.69, 9.17) is 10.5 Å². The number of nitrogens with two attached hydrogens (primary N) is 1. The van der Waals surface area contributed by atoms with Crippen molar-refractivity contribution in [3.8, 4) is 0 Å². The first-order valence-corrected chi connectivity index (χ1v) is 5.41. The molecule has 2 atom stereocenters. The highest BCUT2D eigenvalue weighted by molar-refractivity contribution is 5.11. The summed E-state index contributed by atoms with van der Waals surface area (Å²) >= 11 is 0. The Bertz CT molecular complexity index is 305. The van der Waals surface area contributed by atoms with E-state index in [0.29, 0.717) is 0 Å². The second-order valence-corrected chi connectivity index (χ2v) is 3.92. The van der Waals surface area contributed by atoms with Gasteiger partial charge in [-0.1, -0.05) is 6.92 Å². The molecule has 4 heteroatoms. The summed E-state index contributed by atoms with van der Waals surface area (Å²) in [6, 6.07) is 1.82. The van der Waals surface area contributed by atoms with Gasteiger partial charge >= 0.3 is 0 Å². The number of methoxy groups -OCH3 is 1. The molecule has 1 heterocycles. The van der Waals surface area contributed by atoms with Gasteiger partial charge in [-0.15, -0.1) is 0 Å². The zero-order valence-electron chi connectivity index (χ0n) is 10.0. The van der Waals surface area contributed by atoms with Crippen LogP contribution in [0, 0.1) is 0 Å². The van der Waals surface area contributed by atoms with Crippen LogP contribution in [0.25, 0.3) is 0 Å². The zero-order valence-corrected chi connectivity index (χ0v) is 10.0. The molecule has 1 rings (SSSR count). The van der Waals surface area contributed by atoms with Crippen molar-refractivity contribution >= 4 is 0 Å². The molecule has 0 radical (unpaired) electrons. The number of nitrogens with zero attached hydrogens (tertiary/aromatic N) is 2. The average Bonchev–Trinajstić information content (AvgIpc) is 2.74. The third-order valence-electron chi connectivity index (χ3n) is 3.19. The van der Waals surface area contributed by atoms with Crippen molar-refractivity contribution in [1.29, 1.82) is 0 Å². The van der Waals surface area contributed by atoms with Crippen LogP contribution in [0.4, 0.5) is 0 Å². The van der Waals surface area contributed by atoms with Crippen LogP contribution in [0.5, 0.6) is 0 Å². The van der Waals surface area contributed by atoms with Gasteiger partial charge in [0.2, 0.25) is 0 Å². The topological polar surface area (TPSA) is 53.1 Å². The summed E-state index contributed by atoms with van der Waals surface area (Å²) in [5, 5.41) is 4.22. The molecular formula is C11H21N3O. The Labute approximate surface area is 91.4 Å². The van der Waals surface area contributed by atoms with Crippen LogP contribution in [0.15, 0.2) is 12.3 Å². The minimum absolute atomic E-state index is 0.144. The number of aryl methyl sites for hydroxylation is 1. The predicted octanol–water partition coefficient (Wildman–Crippen LogP) is 1.72. The van der Waals surface area contributed by atoms with Gasteiger partial charge in [0.25, 0.3) is 0 Å². The first kappa shape index (κ1) is 12.2. The Morgan fingerprint density at radius 2 is 2.27 bits per heavy atom. The van der Waals surface area contributed by atoms with E-state index in [1.165, 1.54) is 0 Å². The van der Waals surface area contributed by atoms with Gasteiger partial charge in [0.1, 0.15) is 0 Å². The molecule has 0 fully saturated rings. The number of hydrogen-bond acceptors (Lipinski definition) is 3. The van der Waals surface area contributed by atoms with E-state index in [9.17, 15) is 0 Å². The summed E-state index contributed by atoms with van der Waals surface area (Å²) in [4.78, 5) is 0. The molecular weight excluding hydrogens is 190 g/mol. The molecule has 0 saturated heterocycles. The third-order valence-corrected chi connectivity index (χ3v) is 3.19. The molecule has 0 amide bonds. The smallest absolute Gasteiger partial charge is 0.0855 e. The van der Waals surface area contributed by atoms with Crippen LogP contribution in [0.2, 0.25) is 0 Å². The molecule has 2 N–H and O–H groups in total. The normalized spacial score (nSPS) is 17.4. The second-order valence-electron chi connectivity index (χ2n) is 3.92. The van der Waals surface area contributed by atoms with Crippen LogP contribution >= 0.6 is 0 Å². The van der Waals surface area contributed by atoms with Crippen molar-refractivity contribution in [3.63, 3.8) is 0 Å². The maximum absolute atomic E-state index is 6.23. The lowest BCUT2D eigenvalue weighted by molar-refractivity contribution is -0.0214. The summed E-state index contributed by atoms with van der Waals surface area (Å²) in [6.07, 6.45) is 2.66. The van der Waals surface area contributed by atoms with E-state index in [2.05, 4.69) is 18.9 Å².